The first-order chi connectivity index (χ1) is 9.32. The monoisotopic (exact) mass is 285 g/mol. The maximum absolute atomic E-state index is 13.7. The van der Waals surface area contributed by atoms with E-state index in [2.05, 4.69) is 10.3 Å². The molecule has 1 heterocycles. The maximum atomic E-state index is 13.7. The van der Waals surface area contributed by atoms with E-state index in [4.69, 9.17) is 5.11 Å². The quantitative estimate of drug-likeness (QED) is 0.880. The molecule has 5 nitrogen and oxygen atoms in total. The lowest BCUT2D eigenvalue weighted by molar-refractivity contribution is 0.0688. The molecule has 0 fully saturated rings. The summed E-state index contributed by atoms with van der Waals surface area (Å²) >= 11 is 0. The van der Waals surface area contributed by atoms with Crippen molar-refractivity contribution >= 4 is 5.97 Å². The molecule has 0 aliphatic heterocycles. The Balaban J connectivity index is 2.70. The van der Waals surface area contributed by atoms with E-state index < -0.39 is 29.1 Å². The summed E-state index contributed by atoms with van der Waals surface area (Å²) in [5.74, 6) is -5.35. The minimum Gasteiger partial charge on any atom is -0.476 e. The number of carboxylic acids is 1. The van der Waals surface area contributed by atoms with Crippen LogP contribution < -0.4 is 0 Å². The van der Waals surface area contributed by atoms with Gasteiger partial charge in [0.2, 0.25) is 0 Å². The minimum atomic E-state index is -1.34. The number of aromatic carboxylic acids is 1. The molecule has 106 valence electrons. The van der Waals surface area contributed by atoms with Gasteiger partial charge in [-0.1, -0.05) is 19.1 Å². The van der Waals surface area contributed by atoms with E-state index in [1.54, 1.807) is 13.8 Å². The van der Waals surface area contributed by atoms with Crippen LogP contribution in [0.5, 0.6) is 0 Å². The van der Waals surface area contributed by atoms with Gasteiger partial charge in [0.15, 0.2) is 23.1 Å². The number of aromatic nitrogens is 3. The van der Waals surface area contributed by atoms with Gasteiger partial charge in [-0.25, -0.2) is 22.6 Å². The van der Waals surface area contributed by atoms with Gasteiger partial charge in [0.05, 0.1) is 5.69 Å². The number of halogens is 3. The van der Waals surface area contributed by atoms with Crippen molar-refractivity contribution < 1.29 is 23.1 Å². The first-order valence-electron chi connectivity index (χ1n) is 5.66. The molecule has 0 unspecified atom stereocenters. The number of hydrogen-bond acceptors (Lipinski definition) is 3. The van der Waals surface area contributed by atoms with E-state index in [1.807, 2.05) is 0 Å². The molecule has 0 bridgehead atoms. The molecule has 8 heteroatoms. The SMILES string of the molecule is CC(C)c1c(C(=O)O)nnn1-c1cc(F)c(F)cc1F. The Morgan fingerprint density at radius 1 is 1.20 bits per heavy atom. The zero-order valence-corrected chi connectivity index (χ0v) is 10.6. The predicted octanol–water partition coefficient (Wildman–Crippen LogP) is 2.51. The molecule has 0 saturated heterocycles. The number of hydrogen-bond donors (Lipinski definition) is 1. The van der Waals surface area contributed by atoms with Crippen molar-refractivity contribution in [3.05, 3.63) is 41.0 Å². The number of rotatable bonds is 3. The van der Waals surface area contributed by atoms with Crippen molar-refractivity contribution in [1.82, 2.24) is 15.0 Å². The normalized spacial score (nSPS) is 11.1. The van der Waals surface area contributed by atoms with Crippen molar-refractivity contribution in [3.63, 3.8) is 0 Å². The minimum absolute atomic E-state index is 0.0995. The summed E-state index contributed by atoms with van der Waals surface area (Å²) in [7, 11) is 0. The van der Waals surface area contributed by atoms with Gasteiger partial charge >= 0.3 is 5.97 Å². The van der Waals surface area contributed by atoms with Crippen molar-refractivity contribution in [2.24, 2.45) is 0 Å². The molecule has 2 aromatic rings. The van der Waals surface area contributed by atoms with Crippen LogP contribution in [0, 0.1) is 17.5 Å². The summed E-state index contributed by atoms with van der Waals surface area (Å²) < 4.78 is 40.7. The Morgan fingerprint density at radius 3 is 2.35 bits per heavy atom. The van der Waals surface area contributed by atoms with Crippen LogP contribution in [-0.4, -0.2) is 26.1 Å². The second-order valence-corrected chi connectivity index (χ2v) is 4.41. The highest BCUT2D eigenvalue weighted by molar-refractivity contribution is 5.86. The average Bonchev–Trinajstić information content (AvgIpc) is 2.78. The first-order valence-corrected chi connectivity index (χ1v) is 5.66. The molecule has 0 aliphatic rings. The third-order valence-electron chi connectivity index (χ3n) is 2.67. The van der Waals surface area contributed by atoms with Crippen LogP contribution in [0.3, 0.4) is 0 Å². The van der Waals surface area contributed by atoms with Crippen molar-refractivity contribution in [2.75, 3.05) is 0 Å². The van der Waals surface area contributed by atoms with Gasteiger partial charge in [0.25, 0.3) is 0 Å². The number of nitrogens with zero attached hydrogens (tertiary/aromatic N) is 3. The topological polar surface area (TPSA) is 68.0 Å². The zero-order chi connectivity index (χ0) is 15.0. The lowest BCUT2D eigenvalue weighted by Gasteiger charge is -2.10. The third kappa shape index (κ3) is 2.24. The summed E-state index contributed by atoms with van der Waals surface area (Å²) in [5, 5.41) is 16.0. The van der Waals surface area contributed by atoms with Crippen molar-refractivity contribution in [1.29, 1.82) is 0 Å². The number of carbonyl (C=O) groups is 1. The first kappa shape index (κ1) is 14.0. The molecule has 0 amide bonds. The fourth-order valence-electron chi connectivity index (χ4n) is 1.81. The highest BCUT2D eigenvalue weighted by atomic mass is 19.2. The average molecular weight is 285 g/mol. The Hall–Kier alpha value is -2.38. The van der Waals surface area contributed by atoms with E-state index >= 15 is 0 Å². The summed E-state index contributed by atoms with van der Waals surface area (Å²) in [5.41, 5.74) is -0.654. The van der Waals surface area contributed by atoms with E-state index in [9.17, 15) is 18.0 Å². The molecule has 2 rings (SSSR count). The van der Waals surface area contributed by atoms with Crippen LogP contribution in [0.15, 0.2) is 12.1 Å². The lowest BCUT2D eigenvalue weighted by atomic mass is 10.1. The van der Waals surface area contributed by atoms with Crippen molar-refractivity contribution in [3.8, 4) is 5.69 Å². The van der Waals surface area contributed by atoms with E-state index in [0.29, 0.717) is 12.1 Å². The van der Waals surface area contributed by atoms with E-state index in [0.717, 1.165) is 4.68 Å². The van der Waals surface area contributed by atoms with Gasteiger partial charge in [-0.3, -0.25) is 0 Å². The zero-order valence-electron chi connectivity index (χ0n) is 10.6. The molecule has 0 saturated carbocycles. The standard InChI is InChI=1S/C12H10F3N3O2/c1-5(2)11-10(12(19)20)16-17-18(11)9-4-7(14)6(13)3-8(9)15/h3-5H,1-2H3,(H,19,20). The van der Waals surface area contributed by atoms with Crippen LogP contribution in [-0.2, 0) is 0 Å². The molecule has 0 radical (unpaired) electrons. The molecule has 0 atom stereocenters. The van der Waals surface area contributed by atoms with Gasteiger partial charge in [-0.05, 0) is 5.92 Å². The highest BCUT2D eigenvalue weighted by Crippen LogP contribution is 2.24. The molecule has 1 aromatic heterocycles. The Labute approximate surface area is 111 Å². The Morgan fingerprint density at radius 2 is 1.80 bits per heavy atom. The van der Waals surface area contributed by atoms with Gasteiger partial charge in [0.1, 0.15) is 5.69 Å². The maximum Gasteiger partial charge on any atom is 0.358 e. The van der Waals surface area contributed by atoms with E-state index in [1.165, 1.54) is 0 Å². The largest absolute Gasteiger partial charge is 0.476 e. The highest BCUT2D eigenvalue weighted by Gasteiger charge is 2.24. The summed E-state index contributed by atoms with van der Waals surface area (Å²) in [4.78, 5) is 11.0. The van der Waals surface area contributed by atoms with Crippen LogP contribution in [0.2, 0.25) is 0 Å². The second kappa shape index (κ2) is 4.95. The molecule has 0 aliphatic carbocycles. The lowest BCUT2D eigenvalue weighted by Crippen LogP contribution is -2.10. The molecule has 20 heavy (non-hydrogen) atoms. The second-order valence-electron chi connectivity index (χ2n) is 4.41. The smallest absolute Gasteiger partial charge is 0.358 e. The van der Waals surface area contributed by atoms with Gasteiger partial charge in [0, 0.05) is 12.1 Å². The Bertz CT molecular complexity index is 683. The van der Waals surface area contributed by atoms with Crippen LogP contribution >= 0.6 is 0 Å². The number of carboxylic acid groups (broad SMARTS) is 1. The van der Waals surface area contributed by atoms with Gasteiger partial charge < -0.3 is 5.11 Å². The van der Waals surface area contributed by atoms with Gasteiger partial charge in [-0.15, -0.1) is 5.10 Å². The molecular formula is C12H10F3N3O2. The molecule has 1 N–H and O–H groups in total. The van der Waals surface area contributed by atoms with Crippen molar-refractivity contribution in [2.45, 2.75) is 19.8 Å². The Kier molecular flexibility index (Phi) is 3.47. The molecule has 0 spiro atoms. The van der Waals surface area contributed by atoms with Crippen LogP contribution in [0.1, 0.15) is 35.9 Å². The predicted molar refractivity (Wildman–Crippen MR) is 62.3 cm³/mol. The summed E-state index contributed by atoms with van der Waals surface area (Å²) in [6, 6.07) is 0.980. The van der Waals surface area contributed by atoms with E-state index in [-0.39, 0.29) is 17.3 Å². The molecule has 1 aromatic carbocycles. The third-order valence-corrected chi connectivity index (χ3v) is 2.67. The van der Waals surface area contributed by atoms with Gasteiger partial charge in [-0.2, -0.15) is 0 Å². The summed E-state index contributed by atoms with van der Waals surface area (Å²) in [6.07, 6.45) is 0. The fourth-order valence-corrected chi connectivity index (χ4v) is 1.81. The summed E-state index contributed by atoms with van der Waals surface area (Å²) in [6.45, 7) is 3.30. The van der Waals surface area contributed by atoms with Crippen LogP contribution in [0.4, 0.5) is 13.2 Å². The van der Waals surface area contributed by atoms with Crippen LogP contribution in [0.25, 0.3) is 5.69 Å². The molecular weight excluding hydrogens is 275 g/mol. The fraction of sp³-hybridized carbons (Fsp3) is 0.250. The number of benzene rings is 1.